The highest BCUT2D eigenvalue weighted by Gasteiger charge is 1.89. The molecule has 1 aromatic rings. The van der Waals surface area contributed by atoms with E-state index in [4.69, 9.17) is 20.8 Å². The van der Waals surface area contributed by atoms with E-state index in [0.717, 1.165) is 6.92 Å². The summed E-state index contributed by atoms with van der Waals surface area (Å²) in [6, 6.07) is 0. The van der Waals surface area contributed by atoms with Crippen molar-refractivity contribution in [2.45, 2.75) is 56.4 Å². The number of oxime groups is 1. The third kappa shape index (κ3) is 77.8. The Hall–Kier alpha value is -3.18. The van der Waals surface area contributed by atoms with Crippen molar-refractivity contribution < 1.29 is 38.7 Å². The average Bonchev–Trinajstić information content (AvgIpc) is 2.91. The molecule has 12 nitrogen and oxygen atoms in total. The van der Waals surface area contributed by atoms with Gasteiger partial charge in [-0.05, 0) is 13.8 Å². The number of aliphatic carboxylic acids is 1. The van der Waals surface area contributed by atoms with Gasteiger partial charge in [0.1, 0.15) is 5.84 Å². The number of carboxylic acid groups (broad SMARTS) is 1. The quantitative estimate of drug-likeness (QED) is 0.186. The molecule has 28 heavy (non-hydrogen) atoms. The molecule has 0 atom stereocenters. The van der Waals surface area contributed by atoms with Crippen LogP contribution in [0.1, 0.15) is 54.3 Å². The predicted octanol–water partition coefficient (Wildman–Crippen LogP) is 2.16. The molecule has 12 heteroatoms. The molecule has 0 bridgehead atoms. The Morgan fingerprint density at radius 1 is 1.00 bits per heavy atom. The molecular formula is C16H36N4O8. The van der Waals surface area contributed by atoms with E-state index in [1.165, 1.54) is 35.0 Å². The summed E-state index contributed by atoms with van der Waals surface area (Å²) in [7, 11) is 2.70. The van der Waals surface area contributed by atoms with E-state index in [-0.39, 0.29) is 32.6 Å². The summed E-state index contributed by atoms with van der Waals surface area (Å²) in [5.41, 5.74) is 4.79. The molecule has 1 rings (SSSR count). The van der Waals surface area contributed by atoms with E-state index < -0.39 is 5.97 Å². The van der Waals surface area contributed by atoms with E-state index >= 15 is 0 Å². The predicted molar refractivity (Wildman–Crippen MR) is 105 cm³/mol. The maximum absolute atomic E-state index is 9.59. The number of carboxylic acids is 1. The fourth-order valence-electron chi connectivity index (χ4n) is 0.401. The number of rotatable bonds is 0. The van der Waals surface area contributed by atoms with Crippen molar-refractivity contribution >= 4 is 23.7 Å². The number of amidine groups is 1. The zero-order chi connectivity index (χ0) is 21.7. The molecule has 0 saturated carbocycles. The summed E-state index contributed by atoms with van der Waals surface area (Å²) in [4.78, 5) is 32.0. The van der Waals surface area contributed by atoms with Crippen LogP contribution in [0.5, 0.6) is 0 Å². The van der Waals surface area contributed by atoms with Crippen molar-refractivity contribution in [1.82, 2.24) is 10.1 Å². The number of aromatic nitrogens is 2. The molecule has 0 aliphatic rings. The molecule has 0 saturated heterocycles. The van der Waals surface area contributed by atoms with E-state index in [1.807, 2.05) is 0 Å². The number of ether oxygens (including phenoxy) is 2. The fraction of sp³-hybridized carbons (Fsp3) is 0.625. The van der Waals surface area contributed by atoms with Crippen LogP contribution < -0.4 is 5.73 Å². The Balaban J connectivity index is -0.0000000539. The minimum Gasteiger partial charge on any atom is -0.481 e. The van der Waals surface area contributed by atoms with Crippen molar-refractivity contribution in [3.63, 3.8) is 0 Å². The zero-order valence-corrected chi connectivity index (χ0v) is 16.3. The fourth-order valence-corrected chi connectivity index (χ4v) is 0.401. The van der Waals surface area contributed by atoms with Gasteiger partial charge in [-0.2, -0.15) is 4.98 Å². The van der Waals surface area contributed by atoms with Gasteiger partial charge in [-0.15, -0.1) is 0 Å². The lowest BCUT2D eigenvalue weighted by molar-refractivity contribution is -0.138. The van der Waals surface area contributed by atoms with Gasteiger partial charge < -0.3 is 30.0 Å². The van der Waals surface area contributed by atoms with E-state index in [2.05, 4.69) is 29.3 Å². The number of aryl methyl sites for hydroxylation is 2. The monoisotopic (exact) mass is 412 g/mol. The van der Waals surface area contributed by atoms with Gasteiger partial charge in [0.2, 0.25) is 5.89 Å². The molecular weight excluding hydrogens is 376 g/mol. The Morgan fingerprint density at radius 3 is 1.29 bits per heavy atom. The molecule has 1 heterocycles. The van der Waals surface area contributed by atoms with Gasteiger partial charge in [-0.1, -0.05) is 25.2 Å². The van der Waals surface area contributed by atoms with Crippen LogP contribution in [0.2, 0.25) is 0 Å². The van der Waals surface area contributed by atoms with E-state index in [9.17, 15) is 9.59 Å². The van der Waals surface area contributed by atoms with Crippen LogP contribution in [0.25, 0.3) is 0 Å². The number of nitrogens with two attached hydrogens (primary N) is 1. The Morgan fingerprint density at radius 2 is 1.25 bits per heavy atom. The number of esters is 2. The van der Waals surface area contributed by atoms with Crippen LogP contribution >= 0.6 is 0 Å². The minimum atomic E-state index is -0.833. The maximum Gasteiger partial charge on any atom is 0.302 e. The second-order valence-corrected chi connectivity index (χ2v) is 4.01. The third-order valence-electron chi connectivity index (χ3n) is 1.36. The first-order valence-corrected chi connectivity index (χ1v) is 6.83. The number of nitrogens with zero attached hydrogens (tertiary/aromatic N) is 3. The smallest absolute Gasteiger partial charge is 0.302 e. The molecule has 0 fully saturated rings. The standard InChI is InChI=1S/C4H6N2O.2C3H6O2.C2H6N2O.C2H4O2.2CH4/c1-3-5-4(2)7-6-3;2*1-3(4)5-2;1-2(3)4-5;1-2(3)4;;/h1-2H3;2*1-2H3;5H,1H3,(H2,3,4);1H3,(H,3,4);2*1H4. The highest BCUT2D eigenvalue weighted by atomic mass is 16.5. The number of hydrogen-bond acceptors (Lipinski definition) is 10. The summed E-state index contributed by atoms with van der Waals surface area (Å²) in [5, 5.41) is 21.1. The first kappa shape index (κ1) is 39.8. The van der Waals surface area contributed by atoms with Crippen molar-refractivity contribution in [1.29, 1.82) is 0 Å². The highest BCUT2D eigenvalue weighted by Crippen LogP contribution is 1.89. The lowest BCUT2D eigenvalue weighted by Crippen LogP contribution is -2.03. The van der Waals surface area contributed by atoms with Crippen LogP contribution in [-0.4, -0.2) is 58.4 Å². The van der Waals surface area contributed by atoms with Crippen molar-refractivity contribution in [3.05, 3.63) is 11.7 Å². The SMILES string of the molecule is C.C.C/C(N)=N/O.CC(=O)O.COC(C)=O.COC(C)=O.Cc1noc(C)n1. The first-order chi connectivity index (χ1) is 11.8. The average molecular weight is 412 g/mol. The normalized spacial score (nSPS) is 7.79. The van der Waals surface area contributed by atoms with Crippen LogP contribution in [0.15, 0.2) is 9.68 Å². The number of carbonyl (C=O) groups excluding carboxylic acids is 2. The minimum absolute atomic E-state index is 0. The molecule has 4 N–H and O–H groups in total. The highest BCUT2D eigenvalue weighted by molar-refractivity contribution is 5.76. The van der Waals surface area contributed by atoms with Gasteiger partial charge >= 0.3 is 11.9 Å². The summed E-state index contributed by atoms with van der Waals surface area (Å²) < 4.78 is 12.8. The van der Waals surface area contributed by atoms with Gasteiger partial charge in [0.25, 0.3) is 5.97 Å². The summed E-state index contributed by atoms with van der Waals surface area (Å²) in [6.07, 6.45) is 0. The van der Waals surface area contributed by atoms with Crippen LogP contribution in [0.3, 0.4) is 0 Å². The Kier molecular flexibility index (Phi) is 40.6. The van der Waals surface area contributed by atoms with Crippen LogP contribution in [-0.2, 0) is 23.9 Å². The summed E-state index contributed by atoms with van der Waals surface area (Å²) >= 11 is 0. The second kappa shape index (κ2) is 28.6. The molecule has 0 aromatic carbocycles. The van der Waals surface area contributed by atoms with Gasteiger partial charge in [-0.3, -0.25) is 14.4 Å². The molecule has 1 aromatic heterocycles. The largest absolute Gasteiger partial charge is 0.481 e. The maximum atomic E-state index is 9.59. The number of hydrogen-bond donors (Lipinski definition) is 3. The molecule has 0 unspecified atom stereocenters. The first-order valence-electron chi connectivity index (χ1n) is 6.83. The lowest BCUT2D eigenvalue weighted by Gasteiger charge is -1.80. The Bertz CT molecular complexity index is 492. The third-order valence-corrected chi connectivity index (χ3v) is 1.36. The zero-order valence-electron chi connectivity index (χ0n) is 16.3. The topological polar surface area (TPSA) is 187 Å². The second-order valence-electron chi connectivity index (χ2n) is 4.01. The molecule has 0 aliphatic heterocycles. The van der Waals surface area contributed by atoms with E-state index in [1.54, 1.807) is 13.8 Å². The number of methoxy groups -OCH3 is 2. The Labute approximate surface area is 166 Å². The molecule has 0 amide bonds. The summed E-state index contributed by atoms with van der Waals surface area (Å²) in [5.74, 6) is 0.176. The van der Waals surface area contributed by atoms with Crippen molar-refractivity contribution in [2.24, 2.45) is 10.9 Å². The molecule has 0 spiro atoms. The van der Waals surface area contributed by atoms with Gasteiger partial charge in [0, 0.05) is 27.7 Å². The lowest BCUT2D eigenvalue weighted by atomic mass is 10.7. The van der Waals surface area contributed by atoms with Crippen molar-refractivity contribution in [2.75, 3.05) is 14.2 Å². The van der Waals surface area contributed by atoms with E-state index in [0.29, 0.717) is 11.7 Å². The molecule has 0 aliphatic carbocycles. The van der Waals surface area contributed by atoms with Crippen LogP contribution in [0, 0.1) is 13.8 Å². The summed E-state index contributed by atoms with van der Waals surface area (Å²) in [6.45, 7) is 8.86. The number of carbonyl (C=O) groups is 3. The van der Waals surface area contributed by atoms with Gasteiger partial charge in [0.05, 0.1) is 14.2 Å². The van der Waals surface area contributed by atoms with Crippen molar-refractivity contribution in [3.8, 4) is 0 Å². The van der Waals surface area contributed by atoms with Crippen LogP contribution in [0.4, 0.5) is 0 Å². The molecule has 168 valence electrons. The van der Waals surface area contributed by atoms with Gasteiger partial charge in [-0.25, -0.2) is 0 Å². The molecule has 0 radical (unpaired) electrons. The van der Waals surface area contributed by atoms with Gasteiger partial charge in [0.15, 0.2) is 5.82 Å².